The highest BCUT2D eigenvalue weighted by Gasteiger charge is 2.16. The summed E-state index contributed by atoms with van der Waals surface area (Å²) in [5.41, 5.74) is 7.18. The molecule has 0 fully saturated rings. The number of sulfonamides is 1. The van der Waals surface area contributed by atoms with Crippen molar-refractivity contribution in [1.82, 2.24) is 9.97 Å². The summed E-state index contributed by atoms with van der Waals surface area (Å²) in [4.78, 5) is 20.3. The number of nitrogens with zero attached hydrogens (tertiary/aromatic N) is 2. The van der Waals surface area contributed by atoms with Gasteiger partial charge in [-0.25, -0.2) is 23.5 Å². The maximum absolute atomic E-state index is 11.7. The molecule has 0 aliphatic rings. The molecule has 0 radical (unpaired) electrons. The summed E-state index contributed by atoms with van der Waals surface area (Å²) in [5.74, 6) is -0.249. The van der Waals surface area contributed by atoms with E-state index in [2.05, 4.69) is 9.97 Å². The average molecular weight is 354 g/mol. The fraction of sp³-hybridized carbons (Fsp3) is 0. The molecular formula is C17H14N4O3S. The Kier molecular flexibility index (Phi) is 4.30. The number of benzene rings is 2. The zero-order valence-electron chi connectivity index (χ0n) is 13.0. The lowest BCUT2D eigenvalue weighted by Gasteiger charge is -2.09. The number of carbonyl (C=O) groups excluding carboxylic acids is 1. The van der Waals surface area contributed by atoms with Crippen LogP contribution in [0.4, 0.5) is 0 Å². The number of carbonyl (C=O) groups is 1. The van der Waals surface area contributed by atoms with Gasteiger partial charge < -0.3 is 5.73 Å². The molecule has 25 heavy (non-hydrogen) atoms. The Morgan fingerprint density at radius 1 is 0.920 bits per heavy atom. The van der Waals surface area contributed by atoms with Crippen LogP contribution in [0.15, 0.2) is 65.7 Å². The molecule has 1 amide bonds. The Balaban J connectivity index is 2.14. The largest absolute Gasteiger partial charge is 0.365 e. The van der Waals surface area contributed by atoms with Crippen LogP contribution in [-0.2, 0) is 10.0 Å². The summed E-state index contributed by atoms with van der Waals surface area (Å²) in [7, 11) is -3.80. The molecule has 0 saturated carbocycles. The van der Waals surface area contributed by atoms with Gasteiger partial charge in [0.2, 0.25) is 10.0 Å². The molecule has 3 rings (SSSR count). The molecular weight excluding hydrogens is 340 g/mol. The van der Waals surface area contributed by atoms with Gasteiger partial charge in [0.05, 0.1) is 16.2 Å². The monoisotopic (exact) mass is 354 g/mol. The van der Waals surface area contributed by atoms with Crippen molar-refractivity contribution >= 4 is 15.9 Å². The zero-order chi connectivity index (χ0) is 18.0. The molecule has 1 aromatic heterocycles. The highest BCUT2D eigenvalue weighted by Crippen LogP contribution is 2.25. The first-order chi connectivity index (χ1) is 11.9. The van der Waals surface area contributed by atoms with Crippen molar-refractivity contribution in [1.29, 1.82) is 0 Å². The third-order valence-electron chi connectivity index (χ3n) is 3.54. The topological polar surface area (TPSA) is 129 Å². The van der Waals surface area contributed by atoms with Crippen molar-refractivity contribution in [2.75, 3.05) is 0 Å². The minimum Gasteiger partial charge on any atom is -0.365 e. The predicted octanol–water partition coefficient (Wildman–Crippen LogP) is 1.56. The van der Waals surface area contributed by atoms with Crippen molar-refractivity contribution in [2.45, 2.75) is 4.90 Å². The maximum Gasteiger partial charge on any atom is 0.252 e. The smallest absolute Gasteiger partial charge is 0.252 e. The second kappa shape index (κ2) is 6.42. The fourth-order valence-corrected chi connectivity index (χ4v) is 2.83. The molecule has 0 spiro atoms. The summed E-state index contributed by atoms with van der Waals surface area (Å²) >= 11 is 0. The van der Waals surface area contributed by atoms with Gasteiger partial charge in [0.15, 0.2) is 5.82 Å². The highest BCUT2D eigenvalue weighted by atomic mass is 32.2. The molecule has 7 nitrogen and oxygen atoms in total. The molecule has 0 aliphatic carbocycles. The van der Waals surface area contributed by atoms with Gasteiger partial charge in [0, 0.05) is 17.3 Å². The van der Waals surface area contributed by atoms with Crippen molar-refractivity contribution in [3.8, 4) is 22.6 Å². The first-order valence-electron chi connectivity index (χ1n) is 7.22. The molecule has 3 aromatic rings. The van der Waals surface area contributed by atoms with E-state index in [9.17, 15) is 13.2 Å². The third-order valence-corrected chi connectivity index (χ3v) is 4.47. The standard InChI is InChI=1S/C17H14N4O3S/c18-16(22)14-10-20-17(12-4-2-1-3-5-12)21-15(14)11-6-8-13(9-7-11)25(19,23)24/h1-10H,(H2,18,22)(H2,19,23,24). The van der Waals surface area contributed by atoms with E-state index >= 15 is 0 Å². The van der Waals surface area contributed by atoms with Gasteiger partial charge >= 0.3 is 0 Å². The Hall–Kier alpha value is -3.10. The van der Waals surface area contributed by atoms with Crippen molar-refractivity contribution in [3.05, 3.63) is 66.4 Å². The number of nitrogens with two attached hydrogens (primary N) is 2. The number of hydrogen-bond donors (Lipinski definition) is 2. The van der Waals surface area contributed by atoms with Crippen LogP contribution < -0.4 is 10.9 Å². The molecule has 2 aromatic carbocycles. The SMILES string of the molecule is NC(=O)c1cnc(-c2ccccc2)nc1-c1ccc(S(N)(=O)=O)cc1. The van der Waals surface area contributed by atoms with E-state index in [1.807, 2.05) is 30.3 Å². The lowest BCUT2D eigenvalue weighted by Crippen LogP contribution is -2.14. The second-order valence-electron chi connectivity index (χ2n) is 5.26. The predicted molar refractivity (Wildman–Crippen MR) is 92.8 cm³/mol. The van der Waals surface area contributed by atoms with Crippen LogP contribution in [0, 0.1) is 0 Å². The fourth-order valence-electron chi connectivity index (χ4n) is 2.31. The van der Waals surface area contributed by atoms with Gasteiger partial charge in [-0.3, -0.25) is 4.79 Å². The first kappa shape index (κ1) is 16.7. The molecule has 1 heterocycles. The molecule has 8 heteroatoms. The van der Waals surface area contributed by atoms with Gasteiger partial charge in [-0.2, -0.15) is 0 Å². The lowest BCUT2D eigenvalue weighted by atomic mass is 10.1. The van der Waals surface area contributed by atoms with Crippen LogP contribution in [0.1, 0.15) is 10.4 Å². The number of rotatable bonds is 4. The minimum absolute atomic E-state index is 0.0331. The van der Waals surface area contributed by atoms with Crippen molar-refractivity contribution < 1.29 is 13.2 Å². The second-order valence-corrected chi connectivity index (χ2v) is 6.82. The number of primary amides is 1. The molecule has 0 atom stereocenters. The summed E-state index contributed by atoms with van der Waals surface area (Å²) in [6.07, 6.45) is 1.36. The summed E-state index contributed by atoms with van der Waals surface area (Å²) in [6, 6.07) is 15.0. The van der Waals surface area contributed by atoms with E-state index in [1.54, 1.807) is 0 Å². The normalized spacial score (nSPS) is 11.2. The lowest BCUT2D eigenvalue weighted by molar-refractivity contribution is 0.100. The van der Waals surface area contributed by atoms with E-state index in [0.29, 0.717) is 17.1 Å². The average Bonchev–Trinajstić information content (AvgIpc) is 2.61. The Morgan fingerprint density at radius 2 is 1.56 bits per heavy atom. The van der Waals surface area contributed by atoms with Crippen LogP contribution in [0.3, 0.4) is 0 Å². The molecule has 0 bridgehead atoms. The molecule has 0 unspecified atom stereocenters. The summed E-state index contributed by atoms with van der Waals surface area (Å²) in [5, 5.41) is 5.10. The van der Waals surface area contributed by atoms with Crippen molar-refractivity contribution in [3.63, 3.8) is 0 Å². The quantitative estimate of drug-likeness (QED) is 0.734. The van der Waals surface area contributed by atoms with Crippen LogP contribution in [0.5, 0.6) is 0 Å². The Morgan fingerprint density at radius 3 is 2.12 bits per heavy atom. The molecule has 0 saturated heterocycles. The molecule has 0 aliphatic heterocycles. The Labute approximate surface area is 144 Å². The zero-order valence-corrected chi connectivity index (χ0v) is 13.8. The van der Waals surface area contributed by atoms with Gasteiger partial charge in [0.25, 0.3) is 5.91 Å². The number of aromatic nitrogens is 2. The number of hydrogen-bond acceptors (Lipinski definition) is 5. The maximum atomic E-state index is 11.7. The minimum atomic E-state index is -3.80. The summed E-state index contributed by atoms with van der Waals surface area (Å²) in [6.45, 7) is 0. The van der Waals surface area contributed by atoms with Gasteiger partial charge in [-0.15, -0.1) is 0 Å². The van der Waals surface area contributed by atoms with Crippen LogP contribution in [0.2, 0.25) is 0 Å². The number of primary sulfonamides is 1. The molecule has 126 valence electrons. The van der Waals surface area contributed by atoms with Gasteiger partial charge in [0.1, 0.15) is 0 Å². The third kappa shape index (κ3) is 3.54. The molecule has 4 N–H and O–H groups in total. The van der Waals surface area contributed by atoms with E-state index in [1.165, 1.54) is 30.5 Å². The van der Waals surface area contributed by atoms with E-state index < -0.39 is 15.9 Å². The van der Waals surface area contributed by atoms with Crippen molar-refractivity contribution in [2.24, 2.45) is 10.9 Å². The first-order valence-corrected chi connectivity index (χ1v) is 8.76. The van der Waals surface area contributed by atoms with Crippen LogP contribution >= 0.6 is 0 Å². The van der Waals surface area contributed by atoms with Gasteiger partial charge in [-0.1, -0.05) is 42.5 Å². The summed E-state index contributed by atoms with van der Waals surface area (Å²) < 4.78 is 22.7. The Bertz CT molecular complexity index is 1030. The highest BCUT2D eigenvalue weighted by molar-refractivity contribution is 7.89. The van der Waals surface area contributed by atoms with Gasteiger partial charge in [-0.05, 0) is 12.1 Å². The van der Waals surface area contributed by atoms with Crippen LogP contribution in [-0.4, -0.2) is 24.3 Å². The van der Waals surface area contributed by atoms with E-state index in [-0.39, 0.29) is 10.5 Å². The van der Waals surface area contributed by atoms with E-state index in [4.69, 9.17) is 10.9 Å². The number of amides is 1. The van der Waals surface area contributed by atoms with E-state index in [0.717, 1.165) is 5.56 Å². The van der Waals surface area contributed by atoms with Crippen LogP contribution in [0.25, 0.3) is 22.6 Å².